The number of sulfonamides is 1. The Morgan fingerprint density at radius 3 is 2.95 bits per heavy atom. The van der Waals surface area contributed by atoms with Gasteiger partial charge in [-0.25, -0.2) is 13.4 Å². The van der Waals surface area contributed by atoms with E-state index < -0.39 is 10.0 Å². The first kappa shape index (κ1) is 13.6. The van der Waals surface area contributed by atoms with E-state index in [1.807, 2.05) is 0 Å². The second-order valence-electron chi connectivity index (χ2n) is 5.87. The van der Waals surface area contributed by atoms with Crippen LogP contribution in [0, 0.1) is 11.8 Å². The maximum absolute atomic E-state index is 12.8. The molecule has 1 saturated heterocycles. The van der Waals surface area contributed by atoms with E-state index in [0.717, 1.165) is 23.1 Å². The number of aromatic nitrogens is 1. The summed E-state index contributed by atoms with van der Waals surface area (Å²) in [5.41, 5.74) is 2.55. The summed E-state index contributed by atoms with van der Waals surface area (Å²) in [6, 6.07) is 5.08. The lowest BCUT2D eigenvalue weighted by Crippen LogP contribution is -2.31. The van der Waals surface area contributed by atoms with Crippen LogP contribution in [0.5, 0.6) is 0 Å². The van der Waals surface area contributed by atoms with Gasteiger partial charge in [0, 0.05) is 19.0 Å². The maximum Gasteiger partial charge on any atom is 0.243 e. The molecular weight excluding hydrogens is 308 g/mol. The lowest BCUT2D eigenvalue weighted by atomic mass is 10.00. The Bertz CT molecular complexity index is 786. The third kappa shape index (κ3) is 2.11. The summed E-state index contributed by atoms with van der Waals surface area (Å²) >= 11 is 1.44. The fourth-order valence-electron chi connectivity index (χ4n) is 3.54. The highest BCUT2D eigenvalue weighted by molar-refractivity contribution is 7.89. The summed E-state index contributed by atoms with van der Waals surface area (Å²) in [6.07, 6.45) is 1.38. The zero-order chi connectivity index (χ0) is 14.6. The summed E-state index contributed by atoms with van der Waals surface area (Å²) in [5, 5.41) is 9.94. The molecule has 3 unspecified atom stereocenters. The number of aliphatic hydroxyl groups excluding tert-OH is 1. The van der Waals surface area contributed by atoms with Gasteiger partial charge in [-0.05, 0) is 37.0 Å². The van der Waals surface area contributed by atoms with Gasteiger partial charge in [0.1, 0.15) is 0 Å². The largest absolute Gasteiger partial charge is 0.393 e. The Morgan fingerprint density at radius 1 is 1.29 bits per heavy atom. The first-order valence-corrected chi connectivity index (χ1v) is 9.39. The van der Waals surface area contributed by atoms with E-state index in [1.165, 1.54) is 15.6 Å². The number of hydrogen-bond donors (Lipinski definition) is 1. The van der Waals surface area contributed by atoms with Gasteiger partial charge in [-0.3, -0.25) is 0 Å². The highest BCUT2D eigenvalue weighted by atomic mass is 32.2. The Morgan fingerprint density at radius 2 is 2.14 bits per heavy atom. The summed E-state index contributed by atoms with van der Waals surface area (Å²) in [5.74, 6) is 0.411. The molecule has 0 bridgehead atoms. The van der Waals surface area contributed by atoms with Crippen LogP contribution in [0.2, 0.25) is 0 Å². The second-order valence-corrected chi connectivity index (χ2v) is 8.70. The molecule has 4 rings (SSSR count). The highest BCUT2D eigenvalue weighted by Gasteiger charge is 2.45. The Hall–Kier alpha value is -1.02. The van der Waals surface area contributed by atoms with Crippen molar-refractivity contribution < 1.29 is 13.5 Å². The maximum atomic E-state index is 12.8. The smallest absolute Gasteiger partial charge is 0.243 e. The molecule has 3 atom stereocenters. The van der Waals surface area contributed by atoms with Crippen molar-refractivity contribution in [2.24, 2.45) is 11.8 Å². The van der Waals surface area contributed by atoms with Crippen LogP contribution in [0.3, 0.4) is 0 Å². The Kier molecular flexibility index (Phi) is 3.08. The van der Waals surface area contributed by atoms with Crippen molar-refractivity contribution in [3.63, 3.8) is 0 Å². The van der Waals surface area contributed by atoms with Crippen LogP contribution in [0.1, 0.15) is 12.8 Å². The van der Waals surface area contributed by atoms with Crippen molar-refractivity contribution in [1.29, 1.82) is 0 Å². The number of thiazole rings is 1. The number of aliphatic hydroxyl groups is 1. The zero-order valence-electron chi connectivity index (χ0n) is 11.3. The Balaban J connectivity index is 1.67. The molecule has 0 amide bonds. The minimum Gasteiger partial charge on any atom is -0.393 e. The molecule has 2 aliphatic rings. The zero-order valence-corrected chi connectivity index (χ0v) is 13.0. The van der Waals surface area contributed by atoms with E-state index in [2.05, 4.69) is 4.98 Å². The number of fused-ring (bicyclic) bond motifs is 2. The van der Waals surface area contributed by atoms with E-state index >= 15 is 0 Å². The molecule has 0 spiro atoms. The van der Waals surface area contributed by atoms with Crippen molar-refractivity contribution in [1.82, 2.24) is 9.29 Å². The van der Waals surface area contributed by atoms with E-state index in [9.17, 15) is 13.5 Å². The van der Waals surface area contributed by atoms with Gasteiger partial charge in [-0.1, -0.05) is 0 Å². The molecule has 21 heavy (non-hydrogen) atoms. The first-order valence-electron chi connectivity index (χ1n) is 7.07. The molecule has 1 aromatic carbocycles. The van der Waals surface area contributed by atoms with Gasteiger partial charge in [-0.2, -0.15) is 4.31 Å². The fourth-order valence-corrected chi connectivity index (χ4v) is 5.89. The lowest BCUT2D eigenvalue weighted by Gasteiger charge is -2.18. The predicted molar refractivity (Wildman–Crippen MR) is 80.6 cm³/mol. The quantitative estimate of drug-likeness (QED) is 0.912. The van der Waals surface area contributed by atoms with E-state index in [1.54, 1.807) is 23.7 Å². The van der Waals surface area contributed by atoms with Crippen LogP contribution >= 0.6 is 11.3 Å². The van der Waals surface area contributed by atoms with Crippen LogP contribution < -0.4 is 0 Å². The van der Waals surface area contributed by atoms with E-state index in [-0.39, 0.29) is 12.0 Å². The molecule has 2 aromatic rings. The number of hydrogen-bond acceptors (Lipinski definition) is 5. The van der Waals surface area contributed by atoms with E-state index in [0.29, 0.717) is 23.9 Å². The van der Waals surface area contributed by atoms with Crippen molar-refractivity contribution in [2.75, 3.05) is 13.1 Å². The van der Waals surface area contributed by atoms with Gasteiger partial charge >= 0.3 is 0 Å². The van der Waals surface area contributed by atoms with Gasteiger partial charge in [0.15, 0.2) is 0 Å². The summed E-state index contributed by atoms with van der Waals surface area (Å²) in [6.45, 7) is 0.972. The number of rotatable bonds is 2. The molecule has 0 radical (unpaired) electrons. The molecule has 7 heteroatoms. The predicted octanol–water partition coefficient (Wildman–Crippen LogP) is 1.69. The molecule has 1 aliphatic carbocycles. The molecule has 2 heterocycles. The SMILES string of the molecule is O=S(=O)(c1ccc2ncsc2c1)N1CC2CCC(O)C2C1. The number of nitrogens with zero attached hydrogens (tertiary/aromatic N) is 2. The van der Waals surface area contributed by atoms with Crippen LogP contribution in [0.15, 0.2) is 28.6 Å². The normalized spacial score (nSPS) is 30.0. The number of benzene rings is 1. The molecular formula is C14H16N2O3S2. The average molecular weight is 324 g/mol. The summed E-state index contributed by atoms with van der Waals surface area (Å²) in [7, 11) is -3.47. The highest BCUT2D eigenvalue weighted by Crippen LogP contribution is 2.40. The van der Waals surface area contributed by atoms with Gasteiger partial charge < -0.3 is 5.11 Å². The third-order valence-electron chi connectivity index (χ3n) is 4.73. The summed E-state index contributed by atoms with van der Waals surface area (Å²) in [4.78, 5) is 4.50. The molecule has 5 nitrogen and oxygen atoms in total. The van der Waals surface area contributed by atoms with Gasteiger partial charge in [0.25, 0.3) is 0 Å². The fraction of sp³-hybridized carbons (Fsp3) is 0.500. The van der Waals surface area contributed by atoms with Crippen molar-refractivity contribution in [3.05, 3.63) is 23.7 Å². The average Bonchev–Trinajstić information content (AvgIpc) is 3.15. The lowest BCUT2D eigenvalue weighted by molar-refractivity contribution is 0.129. The van der Waals surface area contributed by atoms with Gasteiger partial charge in [0.05, 0.1) is 26.7 Å². The van der Waals surface area contributed by atoms with Crippen molar-refractivity contribution in [3.8, 4) is 0 Å². The standard InChI is InChI=1S/C14H16N2O3S2/c17-13-4-1-9-6-16(7-11(9)13)21(18,19)10-2-3-12-14(5-10)20-8-15-12/h2-3,5,8-9,11,13,17H,1,4,6-7H2. The Labute approximate surface area is 127 Å². The van der Waals surface area contributed by atoms with Crippen LogP contribution in [-0.2, 0) is 10.0 Å². The van der Waals surface area contributed by atoms with E-state index in [4.69, 9.17) is 0 Å². The monoisotopic (exact) mass is 324 g/mol. The van der Waals surface area contributed by atoms with Gasteiger partial charge in [0.2, 0.25) is 10.0 Å². The first-order chi connectivity index (χ1) is 10.1. The second kappa shape index (κ2) is 4.74. The summed E-state index contributed by atoms with van der Waals surface area (Å²) < 4.78 is 28.0. The molecule has 2 fully saturated rings. The molecule has 1 aromatic heterocycles. The van der Waals surface area contributed by atoms with Gasteiger partial charge in [-0.15, -0.1) is 11.3 Å². The van der Waals surface area contributed by atoms with Crippen LogP contribution in [0.25, 0.3) is 10.2 Å². The topological polar surface area (TPSA) is 70.5 Å². The minimum atomic E-state index is -3.47. The molecule has 1 saturated carbocycles. The van der Waals surface area contributed by atoms with Crippen LogP contribution in [0.4, 0.5) is 0 Å². The minimum absolute atomic E-state index is 0.104. The van der Waals surface area contributed by atoms with Crippen LogP contribution in [-0.4, -0.2) is 42.0 Å². The van der Waals surface area contributed by atoms with Crippen molar-refractivity contribution in [2.45, 2.75) is 23.8 Å². The molecule has 1 aliphatic heterocycles. The molecule has 1 N–H and O–H groups in total. The van der Waals surface area contributed by atoms with Crippen molar-refractivity contribution >= 4 is 31.6 Å². The third-order valence-corrected chi connectivity index (χ3v) is 7.35. The molecule has 112 valence electrons.